The van der Waals surface area contributed by atoms with Crippen LogP contribution in [0, 0.1) is 27.7 Å². The van der Waals surface area contributed by atoms with Crippen molar-refractivity contribution in [2.75, 3.05) is 0 Å². The van der Waals surface area contributed by atoms with Crippen LogP contribution in [0.4, 0.5) is 0 Å². The molecule has 0 bridgehead atoms. The van der Waals surface area contributed by atoms with E-state index in [1.54, 1.807) is 0 Å². The Balaban J connectivity index is 1.41. The van der Waals surface area contributed by atoms with Crippen LogP contribution in [0.1, 0.15) is 85.0 Å². The molecule has 41 heavy (non-hydrogen) atoms. The van der Waals surface area contributed by atoms with Gasteiger partial charge in [0.05, 0.1) is 44.1 Å². The minimum absolute atomic E-state index is 0.0136. The van der Waals surface area contributed by atoms with Gasteiger partial charge in [-0.05, 0) is 144 Å². The molecule has 0 amide bonds. The summed E-state index contributed by atoms with van der Waals surface area (Å²) >= 11 is 0. The van der Waals surface area contributed by atoms with E-state index in [4.69, 9.17) is 19.9 Å². The largest absolute Gasteiger partial charge is 0.244 e. The van der Waals surface area contributed by atoms with Gasteiger partial charge in [-0.2, -0.15) is 0 Å². The van der Waals surface area contributed by atoms with Crippen molar-refractivity contribution in [1.82, 2.24) is 19.9 Å². The van der Waals surface area contributed by atoms with Crippen LogP contribution >= 0.6 is 0 Å². The lowest BCUT2D eigenvalue weighted by atomic mass is 9.72. The van der Waals surface area contributed by atoms with Gasteiger partial charge in [0.25, 0.3) is 0 Å². The van der Waals surface area contributed by atoms with Gasteiger partial charge in [-0.1, -0.05) is 27.7 Å². The van der Waals surface area contributed by atoms with Crippen molar-refractivity contribution in [3.05, 3.63) is 93.0 Å². The third-order valence-corrected chi connectivity index (χ3v) is 10.4. The zero-order chi connectivity index (χ0) is 28.6. The quantitative estimate of drug-likeness (QED) is 0.182. The van der Waals surface area contributed by atoms with Crippen molar-refractivity contribution in [1.29, 1.82) is 0 Å². The van der Waals surface area contributed by atoms with E-state index in [0.717, 1.165) is 57.0 Å². The molecule has 8 rings (SSSR count). The SMILES string of the molecule is Cc1cc2nc3cc4c(cc3nc2cc1C)C1(CC4(C)C)CC(C)(C)c2cc3nc4cc(C)c(C)cc4nc3cc21. The predicted octanol–water partition coefficient (Wildman–Crippen LogP) is 8.76. The number of fused-ring (bicyclic) bond motifs is 8. The summed E-state index contributed by atoms with van der Waals surface area (Å²) in [6.45, 7) is 18.2. The average Bonchev–Trinajstić information content (AvgIpc) is 3.24. The second-order valence-corrected chi connectivity index (χ2v) is 14.3. The zero-order valence-electron chi connectivity index (χ0n) is 25.3. The van der Waals surface area contributed by atoms with E-state index in [2.05, 4.69) is 104 Å². The first-order chi connectivity index (χ1) is 19.3. The molecular formula is C37H36N4. The van der Waals surface area contributed by atoms with Crippen molar-refractivity contribution in [2.45, 2.75) is 84.5 Å². The smallest absolute Gasteiger partial charge is 0.0897 e. The lowest BCUT2D eigenvalue weighted by Gasteiger charge is -2.30. The molecule has 2 aliphatic carbocycles. The van der Waals surface area contributed by atoms with Crippen LogP contribution in [-0.4, -0.2) is 19.9 Å². The first-order valence-corrected chi connectivity index (χ1v) is 14.8. The topological polar surface area (TPSA) is 51.6 Å². The minimum atomic E-state index is -0.0975. The second-order valence-electron chi connectivity index (χ2n) is 14.3. The van der Waals surface area contributed by atoms with E-state index >= 15 is 0 Å². The second kappa shape index (κ2) is 7.67. The molecule has 0 aliphatic heterocycles. The number of benzene rings is 4. The Hall–Kier alpha value is -3.92. The number of aromatic nitrogens is 4. The van der Waals surface area contributed by atoms with Crippen LogP contribution in [0.3, 0.4) is 0 Å². The van der Waals surface area contributed by atoms with E-state index in [0.29, 0.717) is 0 Å². The summed E-state index contributed by atoms with van der Waals surface area (Å²) in [5.74, 6) is 0. The Morgan fingerprint density at radius 2 is 0.634 bits per heavy atom. The summed E-state index contributed by atoms with van der Waals surface area (Å²) in [7, 11) is 0. The van der Waals surface area contributed by atoms with Gasteiger partial charge in [0.2, 0.25) is 0 Å². The standard InChI is InChI=1S/C37H36N4/c1-19-9-27-29(11-21(19)3)40-33-15-25-23(13-31(33)38-27)35(5,6)17-37(25)18-36(7,8)24-14-32-34(16-26(24)37)41-30-12-22(4)20(2)10-28(30)39-32/h9-16H,17-18H2,1-8H3. The molecule has 0 fully saturated rings. The van der Waals surface area contributed by atoms with Crippen molar-refractivity contribution >= 4 is 44.1 Å². The first-order valence-electron chi connectivity index (χ1n) is 14.8. The molecule has 0 atom stereocenters. The maximum Gasteiger partial charge on any atom is 0.0897 e. The fourth-order valence-corrected chi connectivity index (χ4v) is 8.16. The van der Waals surface area contributed by atoms with E-state index in [-0.39, 0.29) is 16.2 Å². The monoisotopic (exact) mass is 536 g/mol. The molecular weight excluding hydrogens is 500 g/mol. The van der Waals surface area contributed by atoms with Gasteiger partial charge in [0.1, 0.15) is 0 Å². The summed E-state index contributed by atoms with van der Waals surface area (Å²) in [4.78, 5) is 20.6. The molecule has 0 saturated carbocycles. The van der Waals surface area contributed by atoms with Crippen molar-refractivity contribution in [3.63, 3.8) is 0 Å². The van der Waals surface area contributed by atoms with Gasteiger partial charge in [0.15, 0.2) is 0 Å². The Kier molecular flexibility index (Phi) is 4.65. The summed E-state index contributed by atoms with van der Waals surface area (Å²) in [6.07, 6.45) is 2.12. The molecule has 204 valence electrons. The molecule has 0 N–H and O–H groups in total. The van der Waals surface area contributed by atoms with Crippen LogP contribution in [0.15, 0.2) is 48.5 Å². The summed E-state index contributed by atoms with van der Waals surface area (Å²) in [5.41, 5.74) is 18.4. The fourth-order valence-electron chi connectivity index (χ4n) is 8.16. The van der Waals surface area contributed by atoms with Gasteiger partial charge in [0, 0.05) is 5.41 Å². The molecule has 0 saturated heterocycles. The van der Waals surface area contributed by atoms with E-state index in [1.165, 1.54) is 44.5 Å². The number of aryl methyl sites for hydroxylation is 4. The zero-order valence-corrected chi connectivity index (χ0v) is 25.3. The molecule has 2 heterocycles. The molecule has 2 aromatic heterocycles. The fraction of sp³-hybridized carbons (Fsp3) is 0.351. The average molecular weight is 537 g/mol. The van der Waals surface area contributed by atoms with Crippen LogP contribution in [0.2, 0.25) is 0 Å². The van der Waals surface area contributed by atoms with E-state index in [1.807, 2.05) is 0 Å². The maximum atomic E-state index is 5.17. The minimum Gasteiger partial charge on any atom is -0.244 e. The van der Waals surface area contributed by atoms with E-state index in [9.17, 15) is 0 Å². The van der Waals surface area contributed by atoms with Crippen LogP contribution in [-0.2, 0) is 16.2 Å². The highest BCUT2D eigenvalue weighted by Crippen LogP contribution is 2.63. The van der Waals surface area contributed by atoms with Gasteiger partial charge in [-0.3, -0.25) is 0 Å². The van der Waals surface area contributed by atoms with Crippen LogP contribution in [0.5, 0.6) is 0 Å². The molecule has 4 heteroatoms. The van der Waals surface area contributed by atoms with Gasteiger partial charge in [-0.25, -0.2) is 19.9 Å². The lowest BCUT2D eigenvalue weighted by Crippen LogP contribution is -2.27. The van der Waals surface area contributed by atoms with E-state index < -0.39 is 0 Å². The Labute approximate surface area is 241 Å². The molecule has 0 radical (unpaired) electrons. The Morgan fingerprint density at radius 1 is 0.390 bits per heavy atom. The highest BCUT2D eigenvalue weighted by atomic mass is 14.8. The molecule has 6 aromatic rings. The van der Waals surface area contributed by atoms with Gasteiger partial charge in [-0.15, -0.1) is 0 Å². The molecule has 2 aliphatic rings. The maximum absolute atomic E-state index is 5.17. The first kappa shape index (κ1) is 24.8. The molecule has 0 unspecified atom stereocenters. The number of rotatable bonds is 0. The van der Waals surface area contributed by atoms with Gasteiger partial charge >= 0.3 is 0 Å². The summed E-state index contributed by atoms with van der Waals surface area (Å²) in [5, 5.41) is 0. The Bertz CT molecular complexity index is 2000. The number of nitrogens with zero attached hydrogens (tertiary/aromatic N) is 4. The molecule has 1 spiro atoms. The highest BCUT2D eigenvalue weighted by molar-refractivity contribution is 5.91. The third kappa shape index (κ3) is 3.34. The summed E-state index contributed by atoms with van der Waals surface area (Å²) in [6, 6.07) is 18.1. The third-order valence-electron chi connectivity index (χ3n) is 10.4. The van der Waals surface area contributed by atoms with Crippen molar-refractivity contribution in [2.24, 2.45) is 0 Å². The number of hydrogen-bond donors (Lipinski definition) is 0. The van der Waals surface area contributed by atoms with Gasteiger partial charge < -0.3 is 0 Å². The Morgan fingerprint density at radius 3 is 0.927 bits per heavy atom. The van der Waals surface area contributed by atoms with Crippen LogP contribution in [0.25, 0.3) is 44.1 Å². The predicted molar refractivity (Wildman–Crippen MR) is 169 cm³/mol. The molecule has 4 aromatic carbocycles. The molecule has 4 nitrogen and oxygen atoms in total. The normalized spacial score (nSPS) is 18.1. The highest BCUT2D eigenvalue weighted by Gasteiger charge is 2.56. The lowest BCUT2D eigenvalue weighted by molar-refractivity contribution is 0.350. The van der Waals surface area contributed by atoms with Crippen LogP contribution < -0.4 is 0 Å². The van der Waals surface area contributed by atoms with Crippen molar-refractivity contribution < 1.29 is 0 Å². The summed E-state index contributed by atoms with van der Waals surface area (Å²) < 4.78 is 0. The number of hydrogen-bond acceptors (Lipinski definition) is 4. The van der Waals surface area contributed by atoms with Crippen molar-refractivity contribution in [3.8, 4) is 0 Å².